The van der Waals surface area contributed by atoms with Crippen LogP contribution in [0.25, 0.3) is 0 Å². The SMILES string of the molecule is C#CCCN(C)[C@H]1C[C@@H](C)O[C@@H](O[C@@H]2[C@@H](C)[C@H](O[C@H]3C[C@@](C)(OC)[C@@H](O)[C@H](C)O3)[C@@H](C)C(=O)O[C@H](I)[C@@](C)(O)[C@H](O)[C@@H](C)C(=O)[C@H](C)C[C@@]2(C)OC)[C@@H]1O. The summed E-state index contributed by atoms with van der Waals surface area (Å²) in [6.45, 7) is 15.7. The second-order valence-electron chi connectivity index (χ2n) is 16.5. The Morgan fingerprint density at radius 3 is 2.11 bits per heavy atom. The van der Waals surface area contributed by atoms with E-state index in [0.29, 0.717) is 19.4 Å². The number of methoxy groups -OCH3 is 2. The van der Waals surface area contributed by atoms with Crippen LogP contribution in [-0.2, 0) is 42.7 Å². The van der Waals surface area contributed by atoms with Crippen molar-refractivity contribution in [3.05, 3.63) is 0 Å². The Hall–Kier alpha value is -1.01. The van der Waals surface area contributed by atoms with Crippen molar-refractivity contribution in [1.29, 1.82) is 0 Å². The quantitative estimate of drug-likeness (QED) is 0.115. The van der Waals surface area contributed by atoms with Crippen LogP contribution in [0.4, 0.5) is 0 Å². The number of carbonyl (C=O) groups excluding carboxylic acids is 2. The minimum Gasteiger partial charge on any atom is -0.448 e. The summed E-state index contributed by atoms with van der Waals surface area (Å²) in [4.78, 5) is 30.0. The van der Waals surface area contributed by atoms with E-state index in [-0.39, 0.29) is 30.8 Å². The predicted molar refractivity (Wildman–Crippen MR) is 207 cm³/mol. The number of esters is 1. The first-order valence-electron chi connectivity index (χ1n) is 19.0. The van der Waals surface area contributed by atoms with Gasteiger partial charge in [-0.3, -0.25) is 14.5 Å². The van der Waals surface area contributed by atoms with Crippen LogP contribution in [0.2, 0.25) is 0 Å². The fourth-order valence-electron chi connectivity index (χ4n) is 8.33. The number of terminal acetylenes is 1. The topological polar surface area (TPSA) is 183 Å². The number of Topliss-reactive ketones (excluding diaryl/α,β-unsaturated/α-hetero) is 1. The Balaban J connectivity index is 2.20. The molecule has 0 radical (unpaired) electrons. The molecule has 0 bridgehead atoms. The van der Waals surface area contributed by atoms with Gasteiger partial charge in [0.2, 0.25) is 0 Å². The Morgan fingerprint density at radius 1 is 0.926 bits per heavy atom. The van der Waals surface area contributed by atoms with Gasteiger partial charge in [0.25, 0.3) is 0 Å². The van der Waals surface area contributed by atoms with Crippen molar-refractivity contribution < 1.29 is 63.2 Å². The summed E-state index contributed by atoms with van der Waals surface area (Å²) < 4.78 is 42.6. The summed E-state index contributed by atoms with van der Waals surface area (Å²) in [5.74, 6) is -1.99. The number of carbonyl (C=O) groups is 2. The molecule has 0 aliphatic carbocycles. The van der Waals surface area contributed by atoms with E-state index in [1.807, 2.05) is 25.8 Å². The normalized spacial score (nSPS) is 47.5. The third-order valence-electron chi connectivity index (χ3n) is 12.2. The van der Waals surface area contributed by atoms with Gasteiger partial charge in [0.1, 0.15) is 23.6 Å². The fraction of sp³-hybridized carbons (Fsp3) is 0.897. The molecule has 3 aliphatic rings. The van der Waals surface area contributed by atoms with Crippen molar-refractivity contribution >= 4 is 34.3 Å². The van der Waals surface area contributed by atoms with Crippen LogP contribution in [0.3, 0.4) is 0 Å². The van der Waals surface area contributed by atoms with Crippen molar-refractivity contribution in [2.24, 2.45) is 23.7 Å². The van der Waals surface area contributed by atoms with E-state index in [1.165, 1.54) is 28.1 Å². The molecule has 312 valence electrons. The third-order valence-corrected chi connectivity index (χ3v) is 13.7. The van der Waals surface area contributed by atoms with E-state index in [2.05, 4.69) is 5.92 Å². The van der Waals surface area contributed by atoms with Gasteiger partial charge in [-0.1, -0.05) is 20.8 Å². The smallest absolute Gasteiger partial charge is 0.312 e. The molecule has 0 unspecified atom stereocenters. The third kappa shape index (κ3) is 10.3. The second-order valence-corrected chi connectivity index (χ2v) is 17.7. The van der Waals surface area contributed by atoms with Crippen LogP contribution in [-0.4, -0.2) is 147 Å². The van der Waals surface area contributed by atoms with Gasteiger partial charge in [0.15, 0.2) is 16.7 Å². The monoisotopic (exact) mass is 883 g/mol. The van der Waals surface area contributed by atoms with Gasteiger partial charge in [0, 0.05) is 57.4 Å². The minimum atomic E-state index is -2.00. The number of hydrogen-bond donors (Lipinski definition) is 4. The first-order chi connectivity index (χ1) is 25.0. The molecule has 15 heteroatoms. The van der Waals surface area contributed by atoms with E-state index in [1.54, 1.807) is 57.2 Å². The van der Waals surface area contributed by atoms with Crippen LogP contribution in [0.5, 0.6) is 0 Å². The van der Waals surface area contributed by atoms with Gasteiger partial charge in [-0.05, 0) is 84.0 Å². The van der Waals surface area contributed by atoms with Crippen molar-refractivity contribution in [1.82, 2.24) is 4.90 Å². The Morgan fingerprint density at radius 2 is 1.54 bits per heavy atom. The predicted octanol–water partition coefficient (Wildman–Crippen LogP) is 2.82. The second kappa shape index (κ2) is 19.2. The molecule has 0 aromatic carbocycles. The number of likely N-dealkylation sites (N-methyl/N-ethyl adjacent to an activating group) is 1. The number of hydrogen-bond acceptors (Lipinski definition) is 14. The molecule has 14 nitrogen and oxygen atoms in total. The van der Waals surface area contributed by atoms with E-state index in [0.717, 1.165) is 0 Å². The maximum Gasteiger partial charge on any atom is 0.312 e. The summed E-state index contributed by atoms with van der Waals surface area (Å²) in [5, 5.41) is 45.5. The number of aliphatic hydroxyl groups excluding tert-OH is 3. The van der Waals surface area contributed by atoms with Crippen LogP contribution >= 0.6 is 22.6 Å². The van der Waals surface area contributed by atoms with E-state index < -0.39 is 99.8 Å². The summed E-state index contributed by atoms with van der Waals surface area (Å²) in [7, 11) is 4.88. The van der Waals surface area contributed by atoms with Gasteiger partial charge in [-0.15, -0.1) is 12.3 Å². The lowest BCUT2D eigenvalue weighted by atomic mass is 9.74. The molecule has 3 rings (SSSR count). The maximum absolute atomic E-state index is 14.1. The standard InChI is InChI=1S/C39H66INO13/c1-14-15-16-41(11)26-17-21(3)50-35(29(26)43)53-33-23(5)30(52-27-19-37(8,48-12)32(45)25(7)51-27)24(6)34(46)54-36(40)39(10,47)31(44)22(4)28(42)20(2)18-38(33,9)49-13/h1,20-27,29-33,35-36,43-45,47H,15-19H2,2-13H3/t20-,21-,22+,23+,24-,25+,26+,27+,29-,30+,31-,32+,33-,35+,36+,37-,38-,39+/m1/s1. The fourth-order valence-corrected chi connectivity index (χ4v) is 8.94. The average molecular weight is 884 g/mol. The van der Waals surface area contributed by atoms with Crippen molar-refractivity contribution in [3.63, 3.8) is 0 Å². The zero-order chi connectivity index (χ0) is 41.1. The molecule has 0 amide bonds. The largest absolute Gasteiger partial charge is 0.448 e. The van der Waals surface area contributed by atoms with Gasteiger partial charge in [-0.2, -0.15) is 0 Å². The average Bonchev–Trinajstić information content (AvgIpc) is 3.12. The molecular weight excluding hydrogens is 817 g/mol. The van der Waals surface area contributed by atoms with E-state index in [9.17, 15) is 30.0 Å². The van der Waals surface area contributed by atoms with Crippen LogP contribution in [0.1, 0.15) is 88.0 Å². The lowest BCUT2D eigenvalue weighted by molar-refractivity contribution is -0.319. The molecule has 0 spiro atoms. The molecule has 3 fully saturated rings. The molecule has 4 N–H and O–H groups in total. The number of cyclic esters (lactones) is 1. The van der Waals surface area contributed by atoms with Crippen molar-refractivity contribution in [2.45, 2.75) is 170 Å². The molecule has 3 saturated heterocycles. The highest BCUT2D eigenvalue weighted by atomic mass is 127. The van der Waals surface area contributed by atoms with Crippen molar-refractivity contribution in [3.8, 4) is 12.3 Å². The molecule has 0 aromatic rings. The van der Waals surface area contributed by atoms with Crippen molar-refractivity contribution in [2.75, 3.05) is 27.8 Å². The first kappa shape index (κ1) is 47.4. The zero-order valence-corrected chi connectivity index (χ0v) is 36.2. The molecule has 3 heterocycles. The summed E-state index contributed by atoms with van der Waals surface area (Å²) >= 11 is 1.75. The molecule has 18 atom stereocenters. The van der Waals surface area contributed by atoms with Crippen LogP contribution < -0.4 is 0 Å². The van der Waals surface area contributed by atoms with Gasteiger partial charge < -0.3 is 53.6 Å². The van der Waals surface area contributed by atoms with Gasteiger partial charge in [-0.25, -0.2) is 0 Å². The number of ketones is 1. The Labute approximate surface area is 335 Å². The molecule has 54 heavy (non-hydrogen) atoms. The lowest BCUT2D eigenvalue weighted by Gasteiger charge is -2.50. The van der Waals surface area contributed by atoms with Gasteiger partial charge in [0.05, 0.1) is 47.6 Å². The highest BCUT2D eigenvalue weighted by Gasteiger charge is 2.54. The zero-order valence-electron chi connectivity index (χ0n) is 34.1. The number of halogens is 1. The highest BCUT2D eigenvalue weighted by molar-refractivity contribution is 14.1. The maximum atomic E-state index is 14.1. The molecule has 0 aromatic heterocycles. The minimum absolute atomic E-state index is 0.0878. The Kier molecular flexibility index (Phi) is 16.8. The van der Waals surface area contributed by atoms with Gasteiger partial charge >= 0.3 is 5.97 Å². The Bertz CT molecular complexity index is 1300. The molecule has 3 aliphatic heterocycles. The summed E-state index contributed by atoms with van der Waals surface area (Å²) in [6, 6.07) is -0.359. The number of rotatable bonds is 9. The summed E-state index contributed by atoms with van der Waals surface area (Å²) in [6.07, 6.45) is -2.08. The molecule has 0 saturated carbocycles. The van der Waals surface area contributed by atoms with Crippen LogP contribution in [0, 0.1) is 36.0 Å². The van der Waals surface area contributed by atoms with E-state index >= 15 is 0 Å². The number of nitrogens with zero attached hydrogens (tertiary/aromatic N) is 1. The summed E-state index contributed by atoms with van der Waals surface area (Å²) in [5.41, 5.74) is -4.32. The number of alkyl halides is 1. The van der Waals surface area contributed by atoms with Crippen LogP contribution in [0.15, 0.2) is 0 Å². The first-order valence-corrected chi connectivity index (χ1v) is 20.2. The lowest BCUT2D eigenvalue weighted by Crippen LogP contribution is -2.61. The number of ether oxygens (including phenoxy) is 7. The highest BCUT2D eigenvalue weighted by Crippen LogP contribution is 2.42. The molecular formula is C39H66INO13. The van der Waals surface area contributed by atoms with E-state index in [4.69, 9.17) is 39.6 Å². The number of aliphatic hydroxyl groups is 4.